The highest BCUT2D eigenvalue weighted by atomic mass is 16.5. The third-order valence-electron chi connectivity index (χ3n) is 5.44. The molecule has 0 unspecified atom stereocenters. The second kappa shape index (κ2) is 5.58. The molecule has 2 aliphatic heterocycles. The number of nitrogens with zero attached hydrogens (tertiary/aromatic N) is 1. The van der Waals surface area contributed by atoms with Crippen molar-refractivity contribution in [2.24, 2.45) is 0 Å². The zero-order valence-electron chi connectivity index (χ0n) is 13.0. The molecule has 1 aliphatic carbocycles. The molecule has 1 amide bonds. The lowest BCUT2D eigenvalue weighted by Crippen LogP contribution is -2.54. The second-order valence-corrected chi connectivity index (χ2v) is 6.90. The molecule has 0 radical (unpaired) electrons. The molecule has 2 fully saturated rings. The van der Waals surface area contributed by atoms with Gasteiger partial charge in [-0.1, -0.05) is 25.0 Å². The van der Waals surface area contributed by atoms with Crippen LogP contribution < -0.4 is 10.1 Å². The molecular weight excluding hydrogens is 276 g/mol. The Labute approximate surface area is 131 Å². The Morgan fingerprint density at radius 2 is 1.86 bits per heavy atom. The summed E-state index contributed by atoms with van der Waals surface area (Å²) in [5.41, 5.74) is 0.528. The standard InChI is InChI=1S/C18H24N2O2/c21-17-15-7-3-4-8-16(15)22-18(9-11-19-12-10-18)13-20(17)14-5-1-2-6-14/h3-4,7-8,14,19H,1-2,5-6,9-13H2. The predicted molar refractivity (Wildman–Crippen MR) is 85.2 cm³/mol. The van der Waals surface area contributed by atoms with Gasteiger partial charge in [0.1, 0.15) is 11.4 Å². The first-order chi connectivity index (χ1) is 10.8. The van der Waals surface area contributed by atoms with Gasteiger partial charge in [0, 0.05) is 18.9 Å². The fraction of sp³-hybridized carbons (Fsp3) is 0.611. The summed E-state index contributed by atoms with van der Waals surface area (Å²) < 4.78 is 6.44. The molecule has 0 aromatic heterocycles. The molecule has 4 heteroatoms. The number of hydrogen-bond acceptors (Lipinski definition) is 3. The first-order valence-electron chi connectivity index (χ1n) is 8.57. The number of ether oxygens (including phenoxy) is 1. The van der Waals surface area contributed by atoms with Gasteiger partial charge in [0.25, 0.3) is 5.91 Å². The molecule has 4 nitrogen and oxygen atoms in total. The van der Waals surface area contributed by atoms with Gasteiger partial charge in [0.15, 0.2) is 0 Å². The van der Waals surface area contributed by atoms with E-state index in [4.69, 9.17) is 4.74 Å². The minimum absolute atomic E-state index is 0.165. The Morgan fingerprint density at radius 1 is 1.14 bits per heavy atom. The summed E-state index contributed by atoms with van der Waals surface area (Å²) in [6, 6.07) is 8.17. The Bertz CT molecular complexity index is 560. The monoisotopic (exact) mass is 300 g/mol. The Kier molecular flexibility index (Phi) is 3.57. The van der Waals surface area contributed by atoms with E-state index >= 15 is 0 Å². The maximum Gasteiger partial charge on any atom is 0.258 e. The van der Waals surface area contributed by atoms with Gasteiger partial charge in [-0.15, -0.1) is 0 Å². The van der Waals surface area contributed by atoms with Crippen LogP contribution in [-0.2, 0) is 0 Å². The van der Waals surface area contributed by atoms with Crippen molar-refractivity contribution in [2.75, 3.05) is 19.6 Å². The molecule has 1 saturated carbocycles. The summed E-state index contributed by atoms with van der Waals surface area (Å²) in [5.74, 6) is 0.938. The Hall–Kier alpha value is -1.55. The molecular formula is C18H24N2O2. The number of rotatable bonds is 1. The summed E-state index contributed by atoms with van der Waals surface area (Å²) in [6.07, 6.45) is 6.71. The van der Waals surface area contributed by atoms with Crippen molar-refractivity contribution >= 4 is 5.91 Å². The predicted octanol–water partition coefficient (Wildman–Crippen LogP) is 2.59. The van der Waals surface area contributed by atoms with Gasteiger partial charge in [-0.25, -0.2) is 0 Å². The van der Waals surface area contributed by atoms with E-state index in [0.29, 0.717) is 6.04 Å². The molecule has 118 valence electrons. The highest BCUT2D eigenvalue weighted by molar-refractivity contribution is 5.97. The maximum absolute atomic E-state index is 13.1. The molecule has 1 N–H and O–H groups in total. The Morgan fingerprint density at radius 3 is 2.64 bits per heavy atom. The van der Waals surface area contributed by atoms with Crippen molar-refractivity contribution in [3.63, 3.8) is 0 Å². The normalized spacial score (nSPS) is 24.9. The zero-order valence-corrected chi connectivity index (χ0v) is 13.0. The van der Waals surface area contributed by atoms with E-state index in [9.17, 15) is 4.79 Å². The van der Waals surface area contributed by atoms with Crippen LogP contribution in [0.4, 0.5) is 0 Å². The van der Waals surface area contributed by atoms with Crippen molar-refractivity contribution in [3.05, 3.63) is 29.8 Å². The Balaban J connectivity index is 1.74. The molecule has 0 bridgehead atoms. The topological polar surface area (TPSA) is 41.6 Å². The summed E-state index contributed by atoms with van der Waals surface area (Å²) >= 11 is 0. The third kappa shape index (κ3) is 2.39. The maximum atomic E-state index is 13.1. The highest BCUT2D eigenvalue weighted by Crippen LogP contribution is 2.37. The van der Waals surface area contributed by atoms with Crippen LogP contribution in [0, 0.1) is 0 Å². The molecule has 2 heterocycles. The quantitative estimate of drug-likeness (QED) is 0.867. The lowest BCUT2D eigenvalue weighted by Gasteiger charge is -2.40. The van der Waals surface area contributed by atoms with Crippen LogP contribution in [0.25, 0.3) is 0 Å². The van der Waals surface area contributed by atoms with Gasteiger partial charge in [-0.2, -0.15) is 0 Å². The molecule has 3 aliphatic rings. The largest absolute Gasteiger partial charge is 0.484 e. The molecule has 1 aromatic rings. The number of amides is 1. The van der Waals surface area contributed by atoms with E-state index in [1.165, 1.54) is 12.8 Å². The van der Waals surface area contributed by atoms with Crippen molar-refractivity contribution in [3.8, 4) is 5.75 Å². The van der Waals surface area contributed by atoms with Gasteiger partial charge in [-0.3, -0.25) is 4.79 Å². The van der Waals surface area contributed by atoms with Gasteiger partial charge in [0.2, 0.25) is 0 Å². The molecule has 4 rings (SSSR count). The van der Waals surface area contributed by atoms with Crippen molar-refractivity contribution in [1.29, 1.82) is 0 Å². The molecule has 1 spiro atoms. The van der Waals surface area contributed by atoms with E-state index < -0.39 is 0 Å². The van der Waals surface area contributed by atoms with Crippen LogP contribution in [0.3, 0.4) is 0 Å². The lowest BCUT2D eigenvalue weighted by molar-refractivity contribution is 0.00321. The number of hydrogen-bond donors (Lipinski definition) is 1. The van der Waals surface area contributed by atoms with E-state index in [1.807, 2.05) is 24.3 Å². The van der Waals surface area contributed by atoms with Crippen LogP contribution in [0.5, 0.6) is 5.75 Å². The molecule has 1 aromatic carbocycles. The van der Waals surface area contributed by atoms with Crippen LogP contribution in [0.15, 0.2) is 24.3 Å². The summed E-state index contributed by atoms with van der Waals surface area (Å²) in [7, 11) is 0. The highest BCUT2D eigenvalue weighted by Gasteiger charge is 2.43. The number of fused-ring (bicyclic) bond motifs is 1. The zero-order chi connectivity index (χ0) is 15.0. The van der Waals surface area contributed by atoms with Crippen molar-refractivity contribution in [1.82, 2.24) is 10.2 Å². The van der Waals surface area contributed by atoms with E-state index in [-0.39, 0.29) is 11.5 Å². The average molecular weight is 300 g/mol. The minimum Gasteiger partial charge on any atom is -0.484 e. The number of para-hydroxylation sites is 1. The summed E-state index contributed by atoms with van der Waals surface area (Å²) in [4.78, 5) is 15.2. The van der Waals surface area contributed by atoms with E-state index in [0.717, 1.165) is 56.6 Å². The smallest absolute Gasteiger partial charge is 0.258 e. The molecule has 0 atom stereocenters. The van der Waals surface area contributed by atoms with Crippen molar-refractivity contribution < 1.29 is 9.53 Å². The van der Waals surface area contributed by atoms with Crippen LogP contribution >= 0.6 is 0 Å². The van der Waals surface area contributed by atoms with Crippen LogP contribution in [0.2, 0.25) is 0 Å². The fourth-order valence-electron chi connectivity index (χ4n) is 4.19. The van der Waals surface area contributed by atoms with Gasteiger partial charge < -0.3 is 15.0 Å². The van der Waals surface area contributed by atoms with Gasteiger partial charge >= 0.3 is 0 Å². The van der Waals surface area contributed by atoms with Gasteiger partial charge in [0.05, 0.1) is 12.1 Å². The van der Waals surface area contributed by atoms with Crippen molar-refractivity contribution in [2.45, 2.75) is 50.2 Å². The number of carbonyl (C=O) groups is 1. The fourth-order valence-corrected chi connectivity index (χ4v) is 4.19. The second-order valence-electron chi connectivity index (χ2n) is 6.90. The van der Waals surface area contributed by atoms with E-state index in [1.54, 1.807) is 0 Å². The minimum atomic E-state index is -0.212. The SMILES string of the molecule is O=C1c2ccccc2OC2(CCNCC2)CN1C1CCCC1. The number of carbonyl (C=O) groups excluding carboxylic acids is 1. The van der Waals surface area contributed by atoms with Crippen LogP contribution in [-0.4, -0.2) is 42.1 Å². The first-order valence-corrected chi connectivity index (χ1v) is 8.57. The number of benzene rings is 1. The average Bonchev–Trinajstić information content (AvgIpc) is 3.04. The molecule has 1 saturated heterocycles. The number of piperidine rings is 1. The first kappa shape index (κ1) is 14.1. The van der Waals surface area contributed by atoms with Crippen LogP contribution in [0.1, 0.15) is 48.9 Å². The van der Waals surface area contributed by atoms with Gasteiger partial charge in [-0.05, 0) is 38.1 Å². The van der Waals surface area contributed by atoms with E-state index in [2.05, 4.69) is 10.2 Å². The molecule has 22 heavy (non-hydrogen) atoms. The lowest BCUT2D eigenvalue weighted by atomic mass is 9.91. The third-order valence-corrected chi connectivity index (χ3v) is 5.44. The summed E-state index contributed by atoms with van der Waals surface area (Å²) in [6.45, 7) is 2.68. The summed E-state index contributed by atoms with van der Waals surface area (Å²) in [5, 5.41) is 3.41. The number of nitrogens with one attached hydrogen (secondary N) is 1.